The number of nitrogens with zero attached hydrogens (tertiary/aromatic N) is 1. The van der Waals surface area contributed by atoms with Gasteiger partial charge in [0.05, 0.1) is 6.20 Å². The summed E-state index contributed by atoms with van der Waals surface area (Å²) in [6.07, 6.45) is 3.12. The molecule has 0 aliphatic rings. The minimum absolute atomic E-state index is 0.389. The van der Waals surface area contributed by atoms with E-state index < -0.39 is 12.0 Å². The van der Waals surface area contributed by atoms with Crippen molar-refractivity contribution in [1.82, 2.24) is 5.16 Å². The molecule has 0 bridgehead atoms. The molecule has 0 saturated carbocycles. The molecule has 0 aliphatic heterocycles. The predicted octanol–water partition coefficient (Wildman–Crippen LogP) is 0.320. The van der Waals surface area contributed by atoms with E-state index in [0.29, 0.717) is 11.5 Å². The Bertz CT molecular complexity index is 263. The zero-order valence-electron chi connectivity index (χ0n) is 6.84. The third-order valence-corrected chi connectivity index (χ3v) is 2.50. The highest BCUT2D eigenvalue weighted by atomic mass is 32.2. The summed E-state index contributed by atoms with van der Waals surface area (Å²) in [5.74, 6) is 0.0863. The van der Waals surface area contributed by atoms with Gasteiger partial charge >= 0.3 is 5.97 Å². The van der Waals surface area contributed by atoms with Gasteiger partial charge in [0.25, 0.3) is 0 Å². The smallest absolute Gasteiger partial charge is 0.321 e. The molecule has 3 N–H and O–H groups in total. The second-order valence-electron chi connectivity index (χ2n) is 2.49. The molecule has 0 fully saturated rings. The maximum atomic E-state index is 10.3. The van der Waals surface area contributed by atoms with Crippen molar-refractivity contribution in [3.05, 3.63) is 18.0 Å². The van der Waals surface area contributed by atoms with E-state index in [9.17, 15) is 4.79 Å². The first-order valence-electron chi connectivity index (χ1n) is 3.64. The van der Waals surface area contributed by atoms with Gasteiger partial charge in [0.1, 0.15) is 12.3 Å². The number of aliphatic carboxylic acids is 1. The van der Waals surface area contributed by atoms with Gasteiger partial charge in [-0.15, -0.1) is 0 Å². The fourth-order valence-electron chi connectivity index (χ4n) is 0.673. The van der Waals surface area contributed by atoms with E-state index >= 15 is 0 Å². The summed E-state index contributed by atoms with van der Waals surface area (Å²) in [7, 11) is 0. The summed E-state index contributed by atoms with van der Waals surface area (Å²) < 4.78 is 4.61. The van der Waals surface area contributed by atoms with Crippen LogP contribution in [0.3, 0.4) is 0 Å². The van der Waals surface area contributed by atoms with Crippen molar-refractivity contribution in [3.8, 4) is 0 Å². The van der Waals surface area contributed by atoms with Crippen LogP contribution in [0, 0.1) is 0 Å². The number of thioether (sulfide) groups is 1. The zero-order chi connectivity index (χ0) is 9.68. The number of rotatable bonds is 5. The van der Waals surface area contributed by atoms with Gasteiger partial charge in [-0.1, -0.05) is 5.16 Å². The molecule has 72 valence electrons. The average molecular weight is 202 g/mol. The van der Waals surface area contributed by atoms with E-state index in [1.807, 2.05) is 0 Å². The van der Waals surface area contributed by atoms with E-state index in [4.69, 9.17) is 10.8 Å². The number of carboxylic acid groups (broad SMARTS) is 1. The van der Waals surface area contributed by atoms with Crippen molar-refractivity contribution in [2.75, 3.05) is 5.75 Å². The van der Waals surface area contributed by atoms with Crippen LogP contribution in [0.2, 0.25) is 0 Å². The van der Waals surface area contributed by atoms with Gasteiger partial charge in [0.15, 0.2) is 0 Å². The van der Waals surface area contributed by atoms with Crippen molar-refractivity contribution in [2.24, 2.45) is 5.73 Å². The first-order valence-corrected chi connectivity index (χ1v) is 4.80. The third kappa shape index (κ3) is 3.47. The van der Waals surface area contributed by atoms with Crippen LogP contribution in [0.5, 0.6) is 0 Å². The molecule has 1 rings (SSSR count). The second kappa shape index (κ2) is 4.88. The molecule has 1 heterocycles. The molecule has 6 heteroatoms. The highest BCUT2D eigenvalue weighted by molar-refractivity contribution is 7.98. The second-order valence-corrected chi connectivity index (χ2v) is 3.52. The van der Waals surface area contributed by atoms with Crippen molar-refractivity contribution in [3.63, 3.8) is 0 Å². The van der Waals surface area contributed by atoms with Crippen LogP contribution in [0.1, 0.15) is 5.56 Å². The highest BCUT2D eigenvalue weighted by Crippen LogP contribution is 2.11. The molecular weight excluding hydrogens is 192 g/mol. The zero-order valence-corrected chi connectivity index (χ0v) is 7.66. The number of nitrogens with two attached hydrogens (primary N) is 1. The number of hydrogen-bond donors (Lipinski definition) is 2. The molecule has 5 nitrogen and oxygen atoms in total. The first-order chi connectivity index (χ1) is 6.20. The van der Waals surface area contributed by atoms with E-state index in [1.54, 1.807) is 6.20 Å². The topological polar surface area (TPSA) is 89.4 Å². The largest absolute Gasteiger partial charge is 0.480 e. The standard InChI is InChI=1S/C7H10N2O3S/c8-6(7(10)11)4-13-3-5-1-9-12-2-5/h1-2,6H,3-4,8H2,(H,10,11). The number of aromatic nitrogens is 1. The molecule has 0 saturated heterocycles. The van der Waals surface area contributed by atoms with E-state index in [2.05, 4.69) is 9.68 Å². The Balaban J connectivity index is 2.18. The van der Waals surface area contributed by atoms with Gasteiger partial charge < -0.3 is 15.4 Å². The summed E-state index contributed by atoms with van der Waals surface area (Å²) in [5, 5.41) is 12.0. The van der Waals surface area contributed by atoms with Crippen LogP contribution in [0.4, 0.5) is 0 Å². The molecule has 0 spiro atoms. The number of hydrogen-bond acceptors (Lipinski definition) is 5. The lowest BCUT2D eigenvalue weighted by molar-refractivity contribution is -0.137. The van der Waals surface area contributed by atoms with Gasteiger partial charge in [-0.2, -0.15) is 11.8 Å². The monoisotopic (exact) mass is 202 g/mol. The molecule has 0 aliphatic carbocycles. The maximum absolute atomic E-state index is 10.3. The summed E-state index contributed by atoms with van der Waals surface area (Å²) in [6.45, 7) is 0. The lowest BCUT2D eigenvalue weighted by atomic mass is 10.4. The molecular formula is C7H10N2O3S. The van der Waals surface area contributed by atoms with Crippen LogP contribution in [-0.2, 0) is 10.5 Å². The van der Waals surface area contributed by atoms with E-state index in [1.165, 1.54) is 18.0 Å². The van der Waals surface area contributed by atoms with Crippen LogP contribution in [0.25, 0.3) is 0 Å². The van der Waals surface area contributed by atoms with Crippen molar-refractivity contribution in [1.29, 1.82) is 0 Å². The molecule has 13 heavy (non-hydrogen) atoms. The van der Waals surface area contributed by atoms with Gasteiger partial charge in [-0.25, -0.2) is 0 Å². The van der Waals surface area contributed by atoms with Crippen LogP contribution in [0.15, 0.2) is 17.0 Å². The van der Waals surface area contributed by atoms with Crippen LogP contribution in [-0.4, -0.2) is 28.0 Å². The molecule has 0 radical (unpaired) electrons. The Hall–Kier alpha value is -1.01. The van der Waals surface area contributed by atoms with Crippen LogP contribution >= 0.6 is 11.8 Å². The summed E-state index contributed by atoms with van der Waals surface area (Å²) >= 11 is 1.44. The Kier molecular flexibility index (Phi) is 3.78. The van der Waals surface area contributed by atoms with Crippen molar-refractivity contribution < 1.29 is 14.4 Å². The quantitative estimate of drug-likeness (QED) is 0.714. The summed E-state index contributed by atoms with van der Waals surface area (Å²) in [6, 6.07) is -0.801. The average Bonchev–Trinajstić information content (AvgIpc) is 2.56. The van der Waals surface area contributed by atoms with Crippen LogP contribution < -0.4 is 5.73 Å². The lowest BCUT2D eigenvalue weighted by Crippen LogP contribution is -2.32. The van der Waals surface area contributed by atoms with E-state index in [-0.39, 0.29) is 0 Å². The van der Waals surface area contributed by atoms with Gasteiger partial charge in [-0.3, -0.25) is 4.79 Å². The fraction of sp³-hybridized carbons (Fsp3) is 0.429. The summed E-state index contributed by atoms with van der Waals surface area (Å²) in [5.41, 5.74) is 6.23. The molecule has 1 atom stereocenters. The lowest BCUT2D eigenvalue weighted by Gasteiger charge is -2.03. The molecule has 1 aromatic rings. The molecule has 1 unspecified atom stereocenters. The minimum atomic E-state index is -0.974. The Morgan fingerprint density at radius 3 is 3.15 bits per heavy atom. The van der Waals surface area contributed by atoms with Gasteiger partial charge in [0.2, 0.25) is 0 Å². The molecule has 1 aromatic heterocycles. The van der Waals surface area contributed by atoms with E-state index in [0.717, 1.165) is 5.56 Å². The van der Waals surface area contributed by atoms with Crippen molar-refractivity contribution >= 4 is 17.7 Å². The maximum Gasteiger partial charge on any atom is 0.321 e. The van der Waals surface area contributed by atoms with Gasteiger partial charge in [-0.05, 0) is 0 Å². The third-order valence-electron chi connectivity index (χ3n) is 1.37. The molecule has 0 aromatic carbocycles. The number of carbonyl (C=O) groups is 1. The Morgan fingerprint density at radius 1 is 1.85 bits per heavy atom. The molecule has 0 amide bonds. The number of carboxylic acids is 1. The van der Waals surface area contributed by atoms with Gasteiger partial charge in [0, 0.05) is 17.1 Å². The minimum Gasteiger partial charge on any atom is -0.480 e. The SMILES string of the molecule is NC(CSCc1cnoc1)C(=O)O. The summed E-state index contributed by atoms with van der Waals surface area (Å²) in [4.78, 5) is 10.3. The predicted molar refractivity (Wildman–Crippen MR) is 48.3 cm³/mol. The first kappa shape index (κ1) is 10.1. The highest BCUT2D eigenvalue weighted by Gasteiger charge is 2.10. The fourth-order valence-corrected chi connectivity index (χ4v) is 1.57. The Morgan fingerprint density at radius 2 is 2.62 bits per heavy atom. The van der Waals surface area contributed by atoms with Crippen molar-refractivity contribution in [2.45, 2.75) is 11.8 Å². The normalized spacial score (nSPS) is 12.7. The Labute approximate surface area is 79.3 Å².